The van der Waals surface area contributed by atoms with Crippen molar-refractivity contribution in [1.82, 2.24) is 14.7 Å². The Balaban J connectivity index is 1.67. The van der Waals surface area contributed by atoms with Crippen molar-refractivity contribution in [2.75, 3.05) is 39.8 Å². The van der Waals surface area contributed by atoms with Crippen LogP contribution >= 0.6 is 0 Å². The molecule has 0 aliphatic carbocycles. The Bertz CT molecular complexity index is 678. The molecule has 1 atom stereocenters. The fourth-order valence-corrected chi connectivity index (χ4v) is 4.71. The first-order valence-corrected chi connectivity index (χ1v) is 10.5. The number of carbonyl (C=O) groups excluding carboxylic acids is 1. The van der Waals surface area contributed by atoms with E-state index in [2.05, 4.69) is 61.5 Å². The summed E-state index contributed by atoms with van der Waals surface area (Å²) in [4.78, 5) is 20.0. The SMILES string of the molecule is COc1ccc(CN2CC3CN(C(=O)CC(C)(C)C)CCN3C(C)(C)C2)cc1. The number of carbonyl (C=O) groups is 1. The third-order valence-electron chi connectivity index (χ3n) is 5.94. The summed E-state index contributed by atoms with van der Waals surface area (Å²) in [6.07, 6.45) is 0.624. The Morgan fingerprint density at radius 1 is 1.14 bits per heavy atom. The minimum absolute atomic E-state index is 0.0421. The number of benzene rings is 1. The van der Waals surface area contributed by atoms with E-state index >= 15 is 0 Å². The number of ether oxygens (including phenoxy) is 1. The molecule has 1 amide bonds. The number of amides is 1. The number of piperazine rings is 2. The van der Waals surface area contributed by atoms with Crippen molar-refractivity contribution >= 4 is 5.91 Å². The van der Waals surface area contributed by atoms with Gasteiger partial charge in [-0.15, -0.1) is 0 Å². The van der Waals surface area contributed by atoms with Crippen molar-refractivity contribution < 1.29 is 9.53 Å². The molecule has 0 N–H and O–H groups in total. The Labute approximate surface area is 170 Å². The molecule has 1 unspecified atom stereocenters. The largest absolute Gasteiger partial charge is 0.497 e. The van der Waals surface area contributed by atoms with Gasteiger partial charge in [0, 0.05) is 57.3 Å². The van der Waals surface area contributed by atoms with Crippen LogP contribution in [-0.2, 0) is 11.3 Å². The molecule has 1 aromatic rings. The number of nitrogens with zero attached hydrogens (tertiary/aromatic N) is 3. The summed E-state index contributed by atoms with van der Waals surface area (Å²) in [5.74, 6) is 1.20. The maximum atomic E-state index is 12.8. The molecule has 0 aromatic heterocycles. The number of rotatable bonds is 4. The Morgan fingerprint density at radius 3 is 2.43 bits per heavy atom. The Hall–Kier alpha value is -1.59. The van der Waals surface area contributed by atoms with Crippen LogP contribution in [0.4, 0.5) is 0 Å². The van der Waals surface area contributed by atoms with Crippen LogP contribution in [0.25, 0.3) is 0 Å². The van der Waals surface area contributed by atoms with Crippen LogP contribution in [0.15, 0.2) is 24.3 Å². The van der Waals surface area contributed by atoms with Gasteiger partial charge >= 0.3 is 0 Å². The second kappa shape index (κ2) is 8.03. The molecule has 5 heteroatoms. The van der Waals surface area contributed by atoms with E-state index in [9.17, 15) is 4.79 Å². The molecule has 1 aromatic carbocycles. The highest BCUT2D eigenvalue weighted by atomic mass is 16.5. The van der Waals surface area contributed by atoms with Crippen LogP contribution in [-0.4, -0.2) is 72.0 Å². The van der Waals surface area contributed by atoms with Gasteiger partial charge in [-0.2, -0.15) is 0 Å². The van der Waals surface area contributed by atoms with Crippen molar-refractivity contribution in [3.05, 3.63) is 29.8 Å². The van der Waals surface area contributed by atoms with E-state index in [0.717, 1.165) is 45.0 Å². The normalized spacial score (nSPS) is 23.4. The van der Waals surface area contributed by atoms with Crippen molar-refractivity contribution in [3.63, 3.8) is 0 Å². The number of fused-ring (bicyclic) bond motifs is 1. The molecule has 0 spiro atoms. The first-order chi connectivity index (χ1) is 13.1. The molecular weight excluding hydrogens is 350 g/mol. The van der Waals surface area contributed by atoms with Crippen LogP contribution in [0.1, 0.15) is 46.6 Å². The maximum Gasteiger partial charge on any atom is 0.223 e. The molecule has 2 fully saturated rings. The third-order valence-corrected chi connectivity index (χ3v) is 5.94. The second-order valence-electron chi connectivity index (χ2n) is 10.3. The van der Waals surface area contributed by atoms with Gasteiger partial charge in [-0.25, -0.2) is 0 Å². The van der Waals surface area contributed by atoms with Gasteiger partial charge in [-0.3, -0.25) is 14.6 Å². The zero-order valence-corrected chi connectivity index (χ0v) is 18.5. The number of methoxy groups -OCH3 is 1. The summed E-state index contributed by atoms with van der Waals surface area (Å²) in [7, 11) is 1.70. The second-order valence-corrected chi connectivity index (χ2v) is 10.3. The summed E-state index contributed by atoms with van der Waals surface area (Å²) in [6, 6.07) is 8.77. The zero-order chi connectivity index (χ0) is 20.5. The zero-order valence-electron chi connectivity index (χ0n) is 18.5. The quantitative estimate of drug-likeness (QED) is 0.795. The highest BCUT2D eigenvalue weighted by Gasteiger charge is 2.43. The van der Waals surface area contributed by atoms with Gasteiger partial charge in [0.2, 0.25) is 5.91 Å². The van der Waals surface area contributed by atoms with Crippen LogP contribution in [0.5, 0.6) is 5.75 Å². The molecule has 2 heterocycles. The van der Waals surface area contributed by atoms with E-state index in [-0.39, 0.29) is 11.0 Å². The molecule has 3 rings (SSSR count). The summed E-state index contributed by atoms with van der Waals surface area (Å²) in [5, 5.41) is 0. The van der Waals surface area contributed by atoms with Gasteiger partial charge in [-0.05, 0) is 37.0 Å². The van der Waals surface area contributed by atoms with Crippen molar-refractivity contribution in [3.8, 4) is 5.75 Å². The van der Waals surface area contributed by atoms with Gasteiger partial charge in [-0.1, -0.05) is 32.9 Å². The van der Waals surface area contributed by atoms with Crippen molar-refractivity contribution in [2.45, 2.75) is 59.2 Å². The predicted molar refractivity (Wildman–Crippen MR) is 113 cm³/mol. The number of hydrogen-bond donors (Lipinski definition) is 0. The molecule has 156 valence electrons. The minimum Gasteiger partial charge on any atom is -0.497 e. The average Bonchev–Trinajstić information content (AvgIpc) is 2.60. The van der Waals surface area contributed by atoms with E-state index < -0.39 is 0 Å². The average molecular weight is 388 g/mol. The summed E-state index contributed by atoms with van der Waals surface area (Å²) in [6.45, 7) is 16.8. The first kappa shape index (κ1) is 21.1. The standard InChI is InChI=1S/C23H37N3O2/c1-22(2,3)13-21(27)25-11-12-26-19(16-25)15-24(17-23(26,4)5)14-18-7-9-20(28-6)10-8-18/h7-10,19H,11-17H2,1-6H3. The van der Waals surface area contributed by atoms with Gasteiger partial charge in [0.25, 0.3) is 0 Å². The third kappa shape index (κ3) is 5.06. The molecule has 0 saturated carbocycles. The van der Waals surface area contributed by atoms with E-state index in [0.29, 0.717) is 18.4 Å². The lowest BCUT2D eigenvalue weighted by molar-refractivity contribution is -0.140. The van der Waals surface area contributed by atoms with E-state index in [1.807, 2.05) is 12.1 Å². The summed E-state index contributed by atoms with van der Waals surface area (Å²) >= 11 is 0. The van der Waals surface area contributed by atoms with Crippen molar-refractivity contribution in [1.29, 1.82) is 0 Å². The highest BCUT2D eigenvalue weighted by molar-refractivity contribution is 5.77. The Kier molecular flexibility index (Phi) is 6.06. The Morgan fingerprint density at radius 2 is 1.82 bits per heavy atom. The molecule has 2 aliphatic rings. The highest BCUT2D eigenvalue weighted by Crippen LogP contribution is 2.30. The lowest BCUT2D eigenvalue weighted by atomic mass is 9.90. The molecule has 0 radical (unpaired) electrons. The van der Waals surface area contributed by atoms with E-state index in [1.54, 1.807) is 7.11 Å². The van der Waals surface area contributed by atoms with Crippen LogP contribution in [0.2, 0.25) is 0 Å². The molecule has 28 heavy (non-hydrogen) atoms. The minimum atomic E-state index is 0.0421. The van der Waals surface area contributed by atoms with Gasteiger partial charge in [0.1, 0.15) is 5.75 Å². The molecule has 5 nitrogen and oxygen atoms in total. The number of hydrogen-bond acceptors (Lipinski definition) is 4. The summed E-state index contributed by atoms with van der Waals surface area (Å²) < 4.78 is 5.27. The van der Waals surface area contributed by atoms with E-state index in [1.165, 1.54) is 5.56 Å². The van der Waals surface area contributed by atoms with E-state index in [4.69, 9.17) is 4.74 Å². The monoisotopic (exact) mass is 387 g/mol. The fourth-order valence-electron chi connectivity index (χ4n) is 4.71. The van der Waals surface area contributed by atoms with Gasteiger partial charge < -0.3 is 9.64 Å². The smallest absolute Gasteiger partial charge is 0.223 e. The van der Waals surface area contributed by atoms with Gasteiger partial charge in [0.05, 0.1) is 7.11 Å². The fraction of sp³-hybridized carbons (Fsp3) is 0.696. The van der Waals surface area contributed by atoms with Crippen LogP contribution in [0.3, 0.4) is 0 Å². The van der Waals surface area contributed by atoms with Crippen LogP contribution in [0, 0.1) is 5.41 Å². The molecule has 0 bridgehead atoms. The predicted octanol–water partition coefficient (Wildman–Crippen LogP) is 3.24. The molecular formula is C23H37N3O2. The molecule has 2 saturated heterocycles. The summed E-state index contributed by atoms with van der Waals surface area (Å²) in [5.41, 5.74) is 1.47. The van der Waals surface area contributed by atoms with Crippen LogP contribution < -0.4 is 4.74 Å². The van der Waals surface area contributed by atoms with Crippen molar-refractivity contribution in [2.24, 2.45) is 5.41 Å². The first-order valence-electron chi connectivity index (χ1n) is 10.5. The van der Waals surface area contributed by atoms with Gasteiger partial charge in [0.15, 0.2) is 0 Å². The maximum absolute atomic E-state index is 12.8. The topological polar surface area (TPSA) is 36.0 Å². The lowest BCUT2D eigenvalue weighted by Crippen LogP contribution is -2.70. The molecule has 2 aliphatic heterocycles. The lowest BCUT2D eigenvalue weighted by Gasteiger charge is -2.55.